The third kappa shape index (κ3) is 5.41. The molecule has 3 nitrogen and oxygen atoms in total. The highest BCUT2D eigenvalue weighted by Gasteiger charge is 2.16. The van der Waals surface area contributed by atoms with Crippen LogP contribution in [0.2, 0.25) is 0 Å². The molecule has 4 heteroatoms. The fraction of sp³-hybridized carbons (Fsp3) is 0.316. The molecule has 122 valence electrons. The predicted molar refractivity (Wildman–Crippen MR) is 98.9 cm³/mol. The van der Waals surface area contributed by atoms with E-state index in [1.807, 2.05) is 56.6 Å². The largest absolute Gasteiger partial charge is 0.344 e. The van der Waals surface area contributed by atoms with Gasteiger partial charge >= 0.3 is 0 Å². The maximum Gasteiger partial charge on any atom is 0.251 e. The first-order valence-electron chi connectivity index (χ1n) is 7.68. The van der Waals surface area contributed by atoms with E-state index in [0.29, 0.717) is 5.56 Å². The average molecular weight is 328 g/mol. The van der Waals surface area contributed by atoms with E-state index in [1.54, 1.807) is 11.8 Å². The molecule has 0 unspecified atom stereocenters. The molecular weight excluding hydrogens is 304 g/mol. The van der Waals surface area contributed by atoms with E-state index in [2.05, 4.69) is 28.6 Å². The first-order valence-corrected chi connectivity index (χ1v) is 9.08. The van der Waals surface area contributed by atoms with Crippen molar-refractivity contribution in [3.8, 4) is 0 Å². The van der Waals surface area contributed by atoms with Gasteiger partial charge in [0.25, 0.3) is 5.91 Å². The van der Waals surface area contributed by atoms with Crippen LogP contribution >= 0.6 is 11.8 Å². The Hall–Kier alpha value is -1.78. The second kappa shape index (κ2) is 8.75. The number of thioether (sulfide) groups is 1. The lowest BCUT2D eigenvalue weighted by atomic mass is 10.1. The SMILES string of the molecule is CSCc1ccc(C(=O)N[C@@H](CN(C)C)c2ccccc2)cc1. The van der Waals surface area contributed by atoms with Gasteiger partial charge in [0.05, 0.1) is 6.04 Å². The van der Waals surface area contributed by atoms with Crippen molar-refractivity contribution in [1.29, 1.82) is 0 Å². The van der Waals surface area contributed by atoms with Crippen LogP contribution in [-0.2, 0) is 5.75 Å². The van der Waals surface area contributed by atoms with E-state index in [-0.39, 0.29) is 11.9 Å². The maximum absolute atomic E-state index is 12.5. The Kier molecular flexibility index (Phi) is 6.68. The second-order valence-electron chi connectivity index (χ2n) is 5.83. The number of benzene rings is 2. The predicted octanol–water partition coefficient (Wildman–Crippen LogP) is 3.58. The van der Waals surface area contributed by atoms with Crippen molar-refractivity contribution in [1.82, 2.24) is 10.2 Å². The van der Waals surface area contributed by atoms with E-state index in [4.69, 9.17) is 0 Å². The van der Waals surface area contributed by atoms with Crippen molar-refractivity contribution >= 4 is 17.7 Å². The topological polar surface area (TPSA) is 32.3 Å². The maximum atomic E-state index is 12.5. The van der Waals surface area contributed by atoms with Gasteiger partial charge in [0.15, 0.2) is 0 Å². The van der Waals surface area contributed by atoms with Gasteiger partial charge in [-0.3, -0.25) is 4.79 Å². The first-order chi connectivity index (χ1) is 11.1. The van der Waals surface area contributed by atoms with Crippen molar-refractivity contribution in [2.75, 3.05) is 26.9 Å². The molecule has 1 atom stereocenters. The van der Waals surface area contributed by atoms with Gasteiger partial charge in [-0.05, 0) is 43.6 Å². The fourth-order valence-corrected chi connectivity index (χ4v) is 2.97. The van der Waals surface area contributed by atoms with Gasteiger partial charge in [-0.15, -0.1) is 0 Å². The van der Waals surface area contributed by atoms with Crippen molar-refractivity contribution in [2.45, 2.75) is 11.8 Å². The van der Waals surface area contributed by atoms with Crippen LogP contribution in [0.3, 0.4) is 0 Å². The van der Waals surface area contributed by atoms with Crippen LogP contribution in [0.15, 0.2) is 54.6 Å². The Bertz CT molecular complexity index is 611. The normalized spacial score (nSPS) is 12.2. The molecule has 0 bridgehead atoms. The Morgan fingerprint density at radius 2 is 1.74 bits per heavy atom. The Morgan fingerprint density at radius 3 is 2.30 bits per heavy atom. The van der Waals surface area contributed by atoms with Crippen LogP contribution in [0.4, 0.5) is 0 Å². The summed E-state index contributed by atoms with van der Waals surface area (Å²) in [6, 6.07) is 17.9. The minimum atomic E-state index is -0.0311. The molecule has 0 aromatic heterocycles. The van der Waals surface area contributed by atoms with E-state index in [9.17, 15) is 4.79 Å². The van der Waals surface area contributed by atoms with Crippen LogP contribution in [0.25, 0.3) is 0 Å². The number of nitrogens with one attached hydrogen (secondary N) is 1. The Balaban J connectivity index is 2.10. The molecule has 1 amide bonds. The summed E-state index contributed by atoms with van der Waals surface area (Å²) in [5.41, 5.74) is 3.06. The summed E-state index contributed by atoms with van der Waals surface area (Å²) >= 11 is 1.78. The third-order valence-electron chi connectivity index (χ3n) is 3.58. The molecule has 0 saturated carbocycles. The number of nitrogens with zero attached hydrogens (tertiary/aromatic N) is 1. The Morgan fingerprint density at radius 1 is 1.09 bits per heavy atom. The van der Waals surface area contributed by atoms with Crippen molar-refractivity contribution in [2.24, 2.45) is 0 Å². The van der Waals surface area contributed by atoms with E-state index in [1.165, 1.54) is 5.56 Å². The molecule has 0 heterocycles. The van der Waals surface area contributed by atoms with E-state index in [0.717, 1.165) is 17.9 Å². The van der Waals surface area contributed by atoms with Gasteiger partial charge in [0.2, 0.25) is 0 Å². The standard InChI is InChI=1S/C19H24N2OS/c1-21(2)13-18(16-7-5-4-6-8-16)20-19(22)17-11-9-15(10-12-17)14-23-3/h4-12,18H,13-14H2,1-3H3,(H,20,22)/t18-/m0/s1. The van der Waals surface area contributed by atoms with Gasteiger partial charge in [-0.25, -0.2) is 0 Å². The number of hydrogen-bond donors (Lipinski definition) is 1. The second-order valence-corrected chi connectivity index (χ2v) is 6.69. The smallest absolute Gasteiger partial charge is 0.251 e. The van der Waals surface area contributed by atoms with Gasteiger partial charge in [-0.2, -0.15) is 11.8 Å². The molecule has 0 saturated heterocycles. The third-order valence-corrected chi connectivity index (χ3v) is 4.20. The van der Waals surface area contributed by atoms with Gasteiger partial charge < -0.3 is 10.2 Å². The number of amides is 1. The molecule has 23 heavy (non-hydrogen) atoms. The molecule has 0 aliphatic rings. The minimum absolute atomic E-state index is 0.0235. The summed E-state index contributed by atoms with van der Waals surface area (Å²) in [6.07, 6.45) is 2.08. The fourth-order valence-electron chi connectivity index (χ4n) is 2.45. The lowest BCUT2D eigenvalue weighted by molar-refractivity contribution is 0.0930. The molecule has 0 spiro atoms. The summed E-state index contributed by atoms with van der Waals surface area (Å²) in [5, 5.41) is 3.15. The number of carbonyl (C=O) groups is 1. The van der Waals surface area contributed by atoms with E-state index >= 15 is 0 Å². The van der Waals surface area contributed by atoms with Crippen LogP contribution in [0, 0.1) is 0 Å². The molecule has 0 aliphatic heterocycles. The molecule has 0 aliphatic carbocycles. The molecule has 0 fully saturated rings. The number of likely N-dealkylation sites (N-methyl/N-ethyl adjacent to an activating group) is 1. The molecular formula is C19H24N2OS. The zero-order valence-electron chi connectivity index (χ0n) is 14.0. The average Bonchev–Trinajstić information content (AvgIpc) is 2.55. The summed E-state index contributed by atoms with van der Waals surface area (Å²) < 4.78 is 0. The highest BCUT2D eigenvalue weighted by Crippen LogP contribution is 2.15. The monoisotopic (exact) mass is 328 g/mol. The minimum Gasteiger partial charge on any atom is -0.344 e. The quantitative estimate of drug-likeness (QED) is 0.843. The lowest BCUT2D eigenvalue weighted by Gasteiger charge is -2.23. The number of carbonyl (C=O) groups excluding carboxylic acids is 1. The summed E-state index contributed by atoms with van der Waals surface area (Å²) in [6.45, 7) is 0.764. The summed E-state index contributed by atoms with van der Waals surface area (Å²) in [5.74, 6) is 0.936. The highest BCUT2D eigenvalue weighted by atomic mass is 32.2. The highest BCUT2D eigenvalue weighted by molar-refractivity contribution is 7.97. The molecule has 2 rings (SSSR count). The van der Waals surface area contributed by atoms with Crippen LogP contribution < -0.4 is 5.32 Å². The van der Waals surface area contributed by atoms with Crippen molar-refractivity contribution in [3.63, 3.8) is 0 Å². The van der Waals surface area contributed by atoms with Crippen molar-refractivity contribution < 1.29 is 4.79 Å². The molecule has 0 radical (unpaired) electrons. The molecule has 2 aromatic rings. The van der Waals surface area contributed by atoms with Gasteiger partial charge in [0.1, 0.15) is 0 Å². The zero-order valence-corrected chi connectivity index (χ0v) is 14.8. The number of rotatable bonds is 7. The van der Waals surface area contributed by atoms with Crippen molar-refractivity contribution in [3.05, 3.63) is 71.3 Å². The van der Waals surface area contributed by atoms with Crippen LogP contribution in [0.5, 0.6) is 0 Å². The molecule has 1 N–H and O–H groups in total. The summed E-state index contributed by atoms with van der Waals surface area (Å²) in [4.78, 5) is 14.6. The Labute approximate surface area is 143 Å². The first kappa shape index (κ1) is 17.6. The molecule has 2 aromatic carbocycles. The summed E-state index contributed by atoms with van der Waals surface area (Å²) in [7, 11) is 4.03. The van der Waals surface area contributed by atoms with Crippen LogP contribution in [-0.4, -0.2) is 37.7 Å². The lowest BCUT2D eigenvalue weighted by Crippen LogP contribution is -2.35. The van der Waals surface area contributed by atoms with Gasteiger partial charge in [0, 0.05) is 17.9 Å². The van der Waals surface area contributed by atoms with E-state index < -0.39 is 0 Å². The zero-order chi connectivity index (χ0) is 16.7. The number of hydrogen-bond acceptors (Lipinski definition) is 3. The van der Waals surface area contributed by atoms with Crippen LogP contribution in [0.1, 0.15) is 27.5 Å². The van der Waals surface area contributed by atoms with Gasteiger partial charge in [-0.1, -0.05) is 42.5 Å².